The van der Waals surface area contributed by atoms with E-state index in [1.807, 2.05) is 18.2 Å². The Hall–Kier alpha value is -2.89. The maximum absolute atomic E-state index is 12.2. The van der Waals surface area contributed by atoms with Crippen LogP contribution < -0.4 is 24.3 Å². The molecular weight excluding hydrogens is 346 g/mol. The maximum Gasteiger partial charge on any atom is 0.260 e. The third kappa shape index (κ3) is 6.09. The van der Waals surface area contributed by atoms with Gasteiger partial charge in [0.05, 0.1) is 21.3 Å². The Morgan fingerprint density at radius 1 is 0.926 bits per heavy atom. The highest BCUT2D eigenvalue weighted by molar-refractivity contribution is 5.80. The first-order valence-corrected chi connectivity index (χ1v) is 8.86. The summed E-state index contributed by atoms with van der Waals surface area (Å²) >= 11 is 0. The fourth-order valence-corrected chi connectivity index (χ4v) is 2.60. The lowest BCUT2D eigenvalue weighted by Gasteiger charge is -2.15. The fourth-order valence-electron chi connectivity index (χ4n) is 2.60. The number of hydrogen-bond donors (Lipinski definition) is 1. The number of carbonyl (C=O) groups excluding carboxylic acids is 1. The van der Waals surface area contributed by atoms with Gasteiger partial charge in [-0.15, -0.1) is 0 Å². The number of methoxy groups -OCH3 is 3. The maximum atomic E-state index is 12.2. The molecule has 0 saturated heterocycles. The molecule has 0 aromatic heterocycles. The Balaban J connectivity index is 1.74. The second-order valence-corrected chi connectivity index (χ2v) is 6.02. The Labute approximate surface area is 160 Å². The summed E-state index contributed by atoms with van der Waals surface area (Å²) in [6.07, 6.45) is 1.07. The number of rotatable bonds is 10. The lowest BCUT2D eigenvalue weighted by molar-refractivity contribution is -0.127. The summed E-state index contributed by atoms with van der Waals surface area (Å²) in [5.74, 6) is 2.65. The van der Waals surface area contributed by atoms with Crippen LogP contribution in [-0.2, 0) is 11.2 Å². The molecule has 0 aliphatic carbocycles. The molecular formula is C21H27NO5. The van der Waals surface area contributed by atoms with E-state index in [0.29, 0.717) is 23.8 Å². The van der Waals surface area contributed by atoms with Crippen LogP contribution in [0.3, 0.4) is 0 Å². The molecule has 6 nitrogen and oxygen atoms in total. The first-order chi connectivity index (χ1) is 13.1. The molecule has 0 fully saturated rings. The van der Waals surface area contributed by atoms with E-state index in [1.54, 1.807) is 52.5 Å². The van der Waals surface area contributed by atoms with E-state index in [-0.39, 0.29) is 5.91 Å². The van der Waals surface area contributed by atoms with Crippen LogP contribution in [0.1, 0.15) is 18.9 Å². The zero-order chi connectivity index (χ0) is 19.6. The molecule has 27 heavy (non-hydrogen) atoms. The highest BCUT2D eigenvalue weighted by atomic mass is 16.5. The highest BCUT2D eigenvalue weighted by Gasteiger charge is 2.14. The van der Waals surface area contributed by atoms with E-state index < -0.39 is 6.10 Å². The van der Waals surface area contributed by atoms with E-state index in [4.69, 9.17) is 18.9 Å². The molecule has 0 spiro atoms. The van der Waals surface area contributed by atoms with Crippen LogP contribution in [0.2, 0.25) is 0 Å². The smallest absolute Gasteiger partial charge is 0.260 e. The van der Waals surface area contributed by atoms with Crippen LogP contribution in [0.15, 0.2) is 42.5 Å². The molecule has 1 amide bonds. The predicted octanol–water partition coefficient (Wildman–Crippen LogP) is 3.23. The molecule has 0 saturated carbocycles. The monoisotopic (exact) mass is 373 g/mol. The number of aryl methyl sites for hydroxylation is 1. The molecule has 2 aromatic carbocycles. The lowest BCUT2D eigenvalue weighted by Crippen LogP contribution is -2.36. The van der Waals surface area contributed by atoms with Gasteiger partial charge in [0.25, 0.3) is 5.91 Å². The van der Waals surface area contributed by atoms with E-state index in [1.165, 1.54) is 0 Å². The first-order valence-electron chi connectivity index (χ1n) is 8.86. The molecule has 0 bridgehead atoms. The van der Waals surface area contributed by atoms with Gasteiger partial charge in [0.2, 0.25) is 0 Å². The minimum absolute atomic E-state index is 0.141. The second-order valence-electron chi connectivity index (χ2n) is 6.02. The Morgan fingerprint density at radius 2 is 1.59 bits per heavy atom. The van der Waals surface area contributed by atoms with Crippen molar-refractivity contribution in [3.63, 3.8) is 0 Å². The van der Waals surface area contributed by atoms with Gasteiger partial charge >= 0.3 is 0 Å². The van der Waals surface area contributed by atoms with Gasteiger partial charge in [-0.2, -0.15) is 0 Å². The molecule has 2 aromatic rings. The van der Waals surface area contributed by atoms with Crippen molar-refractivity contribution in [3.05, 3.63) is 48.0 Å². The number of amides is 1. The normalized spacial score (nSPS) is 11.4. The van der Waals surface area contributed by atoms with Crippen molar-refractivity contribution in [2.75, 3.05) is 27.9 Å². The Kier molecular flexibility index (Phi) is 7.79. The van der Waals surface area contributed by atoms with Crippen LogP contribution in [0.5, 0.6) is 23.0 Å². The van der Waals surface area contributed by atoms with E-state index >= 15 is 0 Å². The summed E-state index contributed by atoms with van der Waals surface area (Å²) in [5, 5.41) is 2.90. The summed E-state index contributed by atoms with van der Waals surface area (Å²) in [5.41, 5.74) is 1.13. The number of nitrogens with one attached hydrogen (secondary N) is 1. The van der Waals surface area contributed by atoms with Gasteiger partial charge in [-0.25, -0.2) is 0 Å². The number of carbonyl (C=O) groups is 1. The van der Waals surface area contributed by atoms with Gasteiger partial charge in [0, 0.05) is 6.54 Å². The topological polar surface area (TPSA) is 66.0 Å². The lowest BCUT2D eigenvalue weighted by atomic mass is 10.1. The predicted molar refractivity (Wildman–Crippen MR) is 104 cm³/mol. The van der Waals surface area contributed by atoms with Gasteiger partial charge in [0.15, 0.2) is 17.6 Å². The van der Waals surface area contributed by atoms with Crippen molar-refractivity contribution in [2.45, 2.75) is 25.9 Å². The van der Waals surface area contributed by atoms with E-state index in [2.05, 4.69) is 5.32 Å². The molecule has 0 aliphatic rings. The molecule has 0 aliphatic heterocycles. The van der Waals surface area contributed by atoms with Gasteiger partial charge in [-0.1, -0.05) is 6.07 Å². The highest BCUT2D eigenvalue weighted by Crippen LogP contribution is 2.27. The molecule has 0 heterocycles. The summed E-state index contributed by atoms with van der Waals surface area (Å²) in [4.78, 5) is 12.2. The van der Waals surface area contributed by atoms with Crippen LogP contribution in [-0.4, -0.2) is 39.9 Å². The van der Waals surface area contributed by atoms with Crippen molar-refractivity contribution in [1.29, 1.82) is 0 Å². The molecule has 2 rings (SSSR count). The minimum atomic E-state index is -0.570. The summed E-state index contributed by atoms with van der Waals surface area (Å²) < 4.78 is 21.3. The van der Waals surface area contributed by atoms with Gasteiger partial charge in [-0.05, 0) is 61.7 Å². The number of benzene rings is 2. The number of hydrogen-bond acceptors (Lipinski definition) is 5. The summed E-state index contributed by atoms with van der Waals surface area (Å²) in [6, 6.07) is 13.0. The van der Waals surface area contributed by atoms with Crippen LogP contribution in [0.25, 0.3) is 0 Å². The van der Waals surface area contributed by atoms with E-state index in [9.17, 15) is 4.79 Å². The van der Waals surface area contributed by atoms with Crippen molar-refractivity contribution in [1.82, 2.24) is 5.32 Å². The van der Waals surface area contributed by atoms with Crippen LogP contribution in [0.4, 0.5) is 0 Å². The minimum Gasteiger partial charge on any atom is -0.497 e. The second kappa shape index (κ2) is 10.3. The average Bonchev–Trinajstić information content (AvgIpc) is 2.71. The summed E-state index contributed by atoms with van der Waals surface area (Å²) in [7, 11) is 4.84. The molecule has 1 N–H and O–H groups in total. The van der Waals surface area contributed by atoms with Crippen molar-refractivity contribution >= 4 is 5.91 Å². The summed E-state index contributed by atoms with van der Waals surface area (Å²) in [6.45, 7) is 2.30. The Morgan fingerprint density at radius 3 is 2.22 bits per heavy atom. The zero-order valence-corrected chi connectivity index (χ0v) is 16.3. The average molecular weight is 373 g/mol. The molecule has 6 heteroatoms. The zero-order valence-electron chi connectivity index (χ0n) is 16.3. The molecule has 146 valence electrons. The Bertz CT molecular complexity index is 730. The van der Waals surface area contributed by atoms with Gasteiger partial charge in [-0.3, -0.25) is 4.79 Å². The van der Waals surface area contributed by atoms with Crippen LogP contribution in [0, 0.1) is 0 Å². The number of ether oxygens (including phenoxy) is 4. The van der Waals surface area contributed by atoms with Gasteiger partial charge < -0.3 is 24.3 Å². The van der Waals surface area contributed by atoms with Gasteiger partial charge in [0.1, 0.15) is 11.5 Å². The van der Waals surface area contributed by atoms with Crippen molar-refractivity contribution in [2.24, 2.45) is 0 Å². The van der Waals surface area contributed by atoms with Crippen molar-refractivity contribution < 1.29 is 23.7 Å². The quantitative estimate of drug-likeness (QED) is 0.648. The first kappa shape index (κ1) is 20.4. The SMILES string of the molecule is COc1ccc(OC(C)C(=O)NCCCc2ccc(OC)c(OC)c2)cc1. The van der Waals surface area contributed by atoms with E-state index in [0.717, 1.165) is 24.2 Å². The molecule has 1 unspecified atom stereocenters. The van der Waals surface area contributed by atoms with Crippen LogP contribution >= 0.6 is 0 Å². The van der Waals surface area contributed by atoms with Crippen molar-refractivity contribution in [3.8, 4) is 23.0 Å². The standard InChI is InChI=1S/C21H27NO5/c1-15(27-18-10-8-17(24-2)9-11-18)21(23)22-13-5-6-16-7-12-19(25-3)20(14-16)26-4/h7-12,14-15H,5-6,13H2,1-4H3,(H,22,23). The molecule has 1 atom stereocenters. The third-order valence-electron chi connectivity index (χ3n) is 4.13. The molecule has 0 radical (unpaired) electrons. The largest absolute Gasteiger partial charge is 0.497 e. The third-order valence-corrected chi connectivity index (χ3v) is 4.13. The fraction of sp³-hybridized carbons (Fsp3) is 0.381.